The monoisotopic (exact) mass is 498 g/mol. The molecule has 0 heterocycles. The van der Waals surface area contributed by atoms with E-state index >= 15 is 0 Å². The Balaban J connectivity index is 1.92. The van der Waals surface area contributed by atoms with Gasteiger partial charge in [0.15, 0.2) is 0 Å². The summed E-state index contributed by atoms with van der Waals surface area (Å²) in [5.74, 6) is -4.31. The highest BCUT2D eigenvalue weighted by molar-refractivity contribution is 5.95. The van der Waals surface area contributed by atoms with Crippen molar-refractivity contribution in [3.63, 3.8) is 0 Å². The van der Waals surface area contributed by atoms with E-state index in [9.17, 15) is 29.4 Å². The molecule has 192 valence electrons. The lowest BCUT2D eigenvalue weighted by Crippen LogP contribution is -2.53. The smallest absolute Gasteiger partial charge is 0.326 e. The van der Waals surface area contributed by atoms with Crippen LogP contribution in [0.15, 0.2) is 54.6 Å². The number of carbonyl (C=O) groups is 4. The van der Waals surface area contributed by atoms with Crippen LogP contribution in [0.25, 0.3) is 0 Å². The predicted octanol–water partition coefficient (Wildman–Crippen LogP) is 0.426. The van der Waals surface area contributed by atoms with E-state index in [1.54, 1.807) is 54.6 Å². The highest BCUT2D eigenvalue weighted by Gasteiger charge is 2.28. The van der Waals surface area contributed by atoms with Crippen molar-refractivity contribution in [1.82, 2.24) is 10.6 Å². The molecular weight excluding hydrogens is 468 g/mol. The maximum Gasteiger partial charge on any atom is 0.326 e. The number of hydrogen-bond acceptors (Lipinski definition) is 6. The van der Waals surface area contributed by atoms with Crippen molar-refractivity contribution < 1.29 is 34.5 Å². The number of amidine groups is 1. The lowest BCUT2D eigenvalue weighted by Gasteiger charge is -2.21. The number of rotatable bonds is 14. The van der Waals surface area contributed by atoms with Crippen LogP contribution in [0, 0.1) is 5.41 Å². The van der Waals surface area contributed by atoms with Gasteiger partial charge in [0.2, 0.25) is 11.8 Å². The number of benzene rings is 2. The summed E-state index contributed by atoms with van der Waals surface area (Å²) in [6.45, 7) is 0. The number of nitrogen functional groups attached to an aromatic ring is 1. The van der Waals surface area contributed by atoms with Crippen LogP contribution in [0.4, 0.5) is 0 Å². The average molecular weight is 499 g/mol. The Bertz CT molecular complexity index is 1070. The Labute approximate surface area is 207 Å². The first-order valence-corrected chi connectivity index (χ1v) is 11.2. The van der Waals surface area contributed by atoms with Gasteiger partial charge in [0.1, 0.15) is 17.9 Å². The van der Waals surface area contributed by atoms with E-state index in [0.29, 0.717) is 11.1 Å². The van der Waals surface area contributed by atoms with Gasteiger partial charge in [-0.1, -0.05) is 54.6 Å². The Hall–Kier alpha value is -4.25. The molecular formula is C25H30N4O7. The van der Waals surface area contributed by atoms with Crippen molar-refractivity contribution >= 4 is 29.6 Å². The van der Waals surface area contributed by atoms with Gasteiger partial charge in [0.25, 0.3) is 0 Å². The SMILES string of the molecule is N=C(N)c1ccc(CC(O)CCC(=O)N[C@@H](CC(=O)O)C(=O)N[C@@H](Cc2ccccc2)C(=O)O)cc1. The van der Waals surface area contributed by atoms with Crippen LogP contribution in [0.1, 0.15) is 36.0 Å². The van der Waals surface area contributed by atoms with Gasteiger partial charge in [-0.15, -0.1) is 0 Å². The van der Waals surface area contributed by atoms with Crippen LogP contribution in [0.3, 0.4) is 0 Å². The molecule has 0 bridgehead atoms. The summed E-state index contributed by atoms with van der Waals surface area (Å²) in [4.78, 5) is 47.9. The fraction of sp³-hybridized carbons (Fsp3) is 0.320. The van der Waals surface area contributed by atoms with E-state index in [4.69, 9.17) is 16.2 Å². The summed E-state index contributed by atoms with van der Waals surface area (Å²) in [5, 5.41) is 40.9. The first-order valence-electron chi connectivity index (χ1n) is 11.2. The maximum atomic E-state index is 12.6. The number of aliphatic hydroxyl groups excluding tert-OH is 1. The highest BCUT2D eigenvalue weighted by Crippen LogP contribution is 2.10. The topological polar surface area (TPSA) is 203 Å². The lowest BCUT2D eigenvalue weighted by atomic mass is 10.0. The zero-order valence-electron chi connectivity index (χ0n) is 19.5. The zero-order chi connectivity index (χ0) is 26.7. The van der Waals surface area contributed by atoms with E-state index in [1.807, 2.05) is 0 Å². The third-order valence-electron chi connectivity index (χ3n) is 5.37. The van der Waals surface area contributed by atoms with Crippen molar-refractivity contribution in [2.24, 2.45) is 5.73 Å². The second-order valence-corrected chi connectivity index (χ2v) is 8.31. The Morgan fingerprint density at radius 1 is 0.861 bits per heavy atom. The number of carboxylic acids is 2. The Morgan fingerprint density at radius 3 is 2.03 bits per heavy atom. The van der Waals surface area contributed by atoms with Crippen molar-refractivity contribution in [2.75, 3.05) is 0 Å². The number of nitrogens with one attached hydrogen (secondary N) is 3. The molecule has 8 N–H and O–H groups in total. The summed E-state index contributed by atoms with van der Waals surface area (Å²) in [5.41, 5.74) is 7.39. The fourth-order valence-electron chi connectivity index (χ4n) is 3.46. The summed E-state index contributed by atoms with van der Waals surface area (Å²) >= 11 is 0. The number of carboxylic acid groups (broad SMARTS) is 2. The molecule has 0 radical (unpaired) electrons. The fourth-order valence-corrected chi connectivity index (χ4v) is 3.46. The van der Waals surface area contributed by atoms with Crippen molar-refractivity contribution in [3.8, 4) is 0 Å². The molecule has 2 aromatic rings. The van der Waals surface area contributed by atoms with Gasteiger partial charge in [-0.2, -0.15) is 0 Å². The molecule has 0 aromatic heterocycles. The van der Waals surface area contributed by atoms with E-state index in [1.165, 1.54) is 0 Å². The molecule has 0 fully saturated rings. The van der Waals surface area contributed by atoms with Crippen LogP contribution in [-0.2, 0) is 32.0 Å². The van der Waals surface area contributed by atoms with Gasteiger partial charge in [-0.25, -0.2) is 4.79 Å². The highest BCUT2D eigenvalue weighted by atomic mass is 16.4. The van der Waals surface area contributed by atoms with Crippen molar-refractivity contribution in [1.29, 1.82) is 5.41 Å². The molecule has 1 unspecified atom stereocenters. The van der Waals surface area contributed by atoms with Crippen LogP contribution < -0.4 is 16.4 Å². The zero-order valence-corrected chi connectivity index (χ0v) is 19.5. The van der Waals surface area contributed by atoms with Crippen molar-refractivity contribution in [2.45, 2.75) is 50.3 Å². The molecule has 2 rings (SSSR count). The van der Waals surface area contributed by atoms with Crippen LogP contribution in [0.5, 0.6) is 0 Å². The Kier molecular flexibility index (Phi) is 10.6. The van der Waals surface area contributed by atoms with Crippen LogP contribution in [-0.4, -0.2) is 63.1 Å². The van der Waals surface area contributed by atoms with Gasteiger partial charge in [0, 0.05) is 18.4 Å². The third-order valence-corrected chi connectivity index (χ3v) is 5.37. The van der Waals surface area contributed by atoms with Gasteiger partial charge >= 0.3 is 11.9 Å². The minimum Gasteiger partial charge on any atom is -0.481 e. The van der Waals surface area contributed by atoms with E-state index in [-0.39, 0.29) is 31.5 Å². The van der Waals surface area contributed by atoms with Crippen molar-refractivity contribution in [3.05, 3.63) is 71.3 Å². The summed E-state index contributed by atoms with van der Waals surface area (Å²) in [7, 11) is 0. The molecule has 11 heteroatoms. The van der Waals surface area contributed by atoms with E-state index < -0.39 is 48.4 Å². The molecule has 2 amide bonds. The quantitative estimate of drug-likeness (QED) is 0.143. The minimum absolute atomic E-state index is 0.0186. The normalized spacial score (nSPS) is 13.1. The molecule has 2 aromatic carbocycles. The maximum absolute atomic E-state index is 12.6. The predicted molar refractivity (Wildman–Crippen MR) is 130 cm³/mol. The largest absolute Gasteiger partial charge is 0.481 e. The molecule has 0 aliphatic rings. The molecule has 36 heavy (non-hydrogen) atoms. The number of carbonyl (C=O) groups excluding carboxylic acids is 2. The number of aliphatic carboxylic acids is 2. The van der Waals surface area contributed by atoms with E-state index in [2.05, 4.69) is 10.6 Å². The molecule has 0 aliphatic carbocycles. The number of aliphatic hydroxyl groups is 1. The van der Waals surface area contributed by atoms with Gasteiger partial charge in [-0.3, -0.25) is 19.8 Å². The lowest BCUT2D eigenvalue weighted by molar-refractivity contribution is -0.143. The second-order valence-electron chi connectivity index (χ2n) is 8.31. The molecule has 11 nitrogen and oxygen atoms in total. The minimum atomic E-state index is -1.48. The molecule has 3 atom stereocenters. The van der Waals surface area contributed by atoms with Gasteiger partial charge < -0.3 is 31.7 Å². The van der Waals surface area contributed by atoms with Gasteiger partial charge in [-0.05, 0) is 24.0 Å². The summed E-state index contributed by atoms with van der Waals surface area (Å²) in [6, 6.07) is 12.5. The van der Waals surface area contributed by atoms with Gasteiger partial charge in [0.05, 0.1) is 12.5 Å². The third kappa shape index (κ3) is 9.55. The molecule has 0 spiro atoms. The standard InChI is InChI=1S/C25H30N4O7/c26-23(27)17-8-6-16(7-9-17)12-18(30)10-11-21(31)28-19(14-22(32)33)24(34)29-20(25(35)36)13-15-4-2-1-3-5-15/h1-9,18-20,30H,10-14H2,(H3,26,27)(H,28,31)(H,29,34)(H,32,33)(H,35,36)/t18?,19-,20-/m0/s1. The number of nitrogens with two attached hydrogens (primary N) is 1. The first kappa shape index (κ1) is 28.0. The second kappa shape index (κ2) is 13.6. The average Bonchev–Trinajstić information content (AvgIpc) is 2.82. The molecule has 0 aliphatic heterocycles. The van der Waals surface area contributed by atoms with E-state index in [0.717, 1.165) is 5.56 Å². The van der Waals surface area contributed by atoms with Crippen LogP contribution in [0.2, 0.25) is 0 Å². The molecule has 0 saturated carbocycles. The Morgan fingerprint density at radius 2 is 1.47 bits per heavy atom. The molecule has 0 saturated heterocycles. The van der Waals surface area contributed by atoms with Crippen LogP contribution >= 0.6 is 0 Å². The first-order chi connectivity index (χ1) is 17.0. The summed E-state index contributed by atoms with van der Waals surface area (Å²) in [6.07, 6.45) is -1.52. The number of amides is 2. The number of hydrogen-bond donors (Lipinski definition) is 7. The summed E-state index contributed by atoms with van der Waals surface area (Å²) < 4.78 is 0.